The van der Waals surface area contributed by atoms with Gasteiger partial charge in [-0.05, 0) is 49.4 Å². The summed E-state index contributed by atoms with van der Waals surface area (Å²) >= 11 is 6.12. The minimum atomic E-state index is 0.544. The molecule has 0 amide bonds. The molecule has 19 heavy (non-hydrogen) atoms. The molecular weight excluding hydrogens is 258 g/mol. The lowest BCUT2D eigenvalue weighted by Crippen LogP contribution is -2.17. The Morgan fingerprint density at radius 2 is 2.26 bits per heavy atom. The van der Waals surface area contributed by atoms with E-state index in [-0.39, 0.29) is 0 Å². The Bertz CT molecular complexity index is 551. The van der Waals surface area contributed by atoms with Crippen molar-refractivity contribution < 1.29 is 0 Å². The van der Waals surface area contributed by atoms with Crippen molar-refractivity contribution in [2.75, 3.05) is 5.32 Å². The molecule has 2 atom stereocenters. The van der Waals surface area contributed by atoms with E-state index in [1.165, 1.54) is 19.3 Å². The van der Waals surface area contributed by atoms with Gasteiger partial charge in [0.25, 0.3) is 0 Å². The van der Waals surface area contributed by atoms with Gasteiger partial charge in [-0.2, -0.15) is 5.10 Å². The van der Waals surface area contributed by atoms with E-state index in [1.54, 1.807) is 6.20 Å². The van der Waals surface area contributed by atoms with Crippen molar-refractivity contribution in [3.63, 3.8) is 0 Å². The molecule has 0 bridgehead atoms. The maximum atomic E-state index is 6.12. The van der Waals surface area contributed by atoms with Crippen LogP contribution in [0.15, 0.2) is 36.7 Å². The van der Waals surface area contributed by atoms with E-state index < -0.39 is 0 Å². The average molecular weight is 276 g/mol. The van der Waals surface area contributed by atoms with E-state index in [4.69, 9.17) is 11.6 Å². The van der Waals surface area contributed by atoms with Crippen LogP contribution in [-0.4, -0.2) is 15.8 Å². The predicted octanol–water partition coefficient (Wildman–Crippen LogP) is 4.13. The van der Waals surface area contributed by atoms with Crippen molar-refractivity contribution in [3.8, 4) is 5.69 Å². The van der Waals surface area contributed by atoms with E-state index in [9.17, 15) is 0 Å². The number of hydrogen-bond acceptors (Lipinski definition) is 2. The quantitative estimate of drug-likeness (QED) is 0.913. The van der Waals surface area contributed by atoms with E-state index in [1.807, 2.05) is 35.1 Å². The monoisotopic (exact) mass is 275 g/mol. The van der Waals surface area contributed by atoms with E-state index in [0.717, 1.165) is 22.3 Å². The smallest absolute Gasteiger partial charge is 0.0877 e. The molecule has 1 aliphatic rings. The summed E-state index contributed by atoms with van der Waals surface area (Å²) in [6.45, 7) is 2.31. The van der Waals surface area contributed by atoms with Crippen molar-refractivity contribution in [1.82, 2.24) is 9.78 Å². The van der Waals surface area contributed by atoms with Crippen molar-refractivity contribution in [2.45, 2.75) is 32.2 Å². The van der Waals surface area contributed by atoms with Gasteiger partial charge in [0.2, 0.25) is 0 Å². The van der Waals surface area contributed by atoms with Crippen LogP contribution < -0.4 is 5.32 Å². The molecule has 0 radical (unpaired) electrons. The number of halogens is 1. The number of nitrogens with one attached hydrogen (secondary N) is 1. The molecule has 1 aliphatic carbocycles. The Balaban J connectivity index is 1.89. The molecule has 0 aliphatic heterocycles. The Morgan fingerprint density at radius 3 is 2.95 bits per heavy atom. The topological polar surface area (TPSA) is 29.9 Å². The van der Waals surface area contributed by atoms with Crippen molar-refractivity contribution >= 4 is 17.3 Å². The first-order valence-corrected chi connectivity index (χ1v) is 7.16. The van der Waals surface area contributed by atoms with Gasteiger partial charge in [-0.25, -0.2) is 4.68 Å². The lowest BCUT2D eigenvalue weighted by molar-refractivity contribution is 0.602. The normalized spacial score (nSPS) is 22.6. The molecule has 4 heteroatoms. The summed E-state index contributed by atoms with van der Waals surface area (Å²) in [5.74, 6) is 0.810. The number of aromatic nitrogens is 2. The largest absolute Gasteiger partial charge is 0.381 e. The highest BCUT2D eigenvalue weighted by atomic mass is 35.5. The van der Waals surface area contributed by atoms with Crippen molar-refractivity contribution in [3.05, 3.63) is 41.7 Å². The van der Waals surface area contributed by atoms with Gasteiger partial charge < -0.3 is 5.32 Å². The third-order valence-electron chi connectivity index (χ3n) is 3.76. The minimum absolute atomic E-state index is 0.544. The summed E-state index contributed by atoms with van der Waals surface area (Å²) in [5, 5.41) is 8.68. The number of benzene rings is 1. The van der Waals surface area contributed by atoms with E-state index in [0.29, 0.717) is 6.04 Å². The number of rotatable bonds is 3. The molecule has 3 rings (SSSR count). The van der Waals surface area contributed by atoms with Crippen LogP contribution in [0, 0.1) is 5.92 Å². The van der Waals surface area contributed by atoms with E-state index in [2.05, 4.69) is 17.3 Å². The highest BCUT2D eigenvalue weighted by Gasteiger charge is 2.22. The van der Waals surface area contributed by atoms with Gasteiger partial charge in [0.1, 0.15) is 0 Å². The molecule has 100 valence electrons. The van der Waals surface area contributed by atoms with Crippen LogP contribution in [0.2, 0.25) is 5.02 Å². The molecule has 1 N–H and O–H groups in total. The second-order valence-corrected chi connectivity index (χ2v) is 5.81. The zero-order valence-corrected chi connectivity index (χ0v) is 11.8. The summed E-state index contributed by atoms with van der Waals surface area (Å²) in [7, 11) is 0. The molecule has 3 nitrogen and oxygen atoms in total. The summed E-state index contributed by atoms with van der Waals surface area (Å²) in [6, 6.07) is 8.37. The summed E-state index contributed by atoms with van der Waals surface area (Å²) in [6.07, 6.45) is 7.49. The molecule has 1 fully saturated rings. The fraction of sp³-hybridized carbons (Fsp3) is 0.400. The van der Waals surface area contributed by atoms with Crippen LogP contribution in [0.1, 0.15) is 26.2 Å². The first-order chi connectivity index (χ1) is 9.22. The SMILES string of the molecule is CC1CCC(Nc2cc(Cl)ccc2-n2cccn2)C1. The fourth-order valence-corrected chi connectivity index (χ4v) is 2.97. The molecule has 0 spiro atoms. The molecular formula is C15H18ClN3. The predicted molar refractivity (Wildman–Crippen MR) is 79.0 cm³/mol. The van der Waals surface area contributed by atoms with Gasteiger partial charge >= 0.3 is 0 Å². The summed E-state index contributed by atoms with van der Waals surface area (Å²) in [4.78, 5) is 0. The Kier molecular flexibility index (Phi) is 3.47. The van der Waals surface area contributed by atoms with Crippen LogP contribution in [0.4, 0.5) is 5.69 Å². The number of hydrogen-bond donors (Lipinski definition) is 1. The maximum Gasteiger partial charge on any atom is 0.0877 e. The standard InChI is InChI=1S/C15H18ClN3/c1-11-3-5-13(9-11)18-14-10-12(16)4-6-15(14)19-8-2-7-17-19/h2,4,6-8,10-11,13,18H,3,5,9H2,1H3. The van der Waals surface area contributed by atoms with Crippen LogP contribution in [0.5, 0.6) is 0 Å². The Morgan fingerprint density at radius 1 is 1.37 bits per heavy atom. The Hall–Kier alpha value is -1.48. The molecule has 2 aromatic rings. The maximum absolute atomic E-state index is 6.12. The van der Waals surface area contributed by atoms with Crippen LogP contribution in [0.3, 0.4) is 0 Å². The zero-order valence-electron chi connectivity index (χ0n) is 11.0. The highest BCUT2D eigenvalue weighted by Crippen LogP contribution is 2.31. The molecule has 1 aromatic heterocycles. The first-order valence-electron chi connectivity index (χ1n) is 6.78. The van der Waals surface area contributed by atoms with Crippen molar-refractivity contribution in [2.24, 2.45) is 5.92 Å². The van der Waals surface area contributed by atoms with Crippen molar-refractivity contribution in [1.29, 1.82) is 0 Å². The summed E-state index contributed by atoms with van der Waals surface area (Å²) < 4.78 is 1.87. The molecule has 1 heterocycles. The first kappa shape index (κ1) is 12.5. The van der Waals surface area contributed by atoms with Gasteiger partial charge in [0, 0.05) is 23.5 Å². The number of anilines is 1. The van der Waals surface area contributed by atoms with Gasteiger partial charge in [-0.1, -0.05) is 18.5 Å². The van der Waals surface area contributed by atoms with Gasteiger partial charge in [0.05, 0.1) is 11.4 Å². The van der Waals surface area contributed by atoms with Gasteiger partial charge in [-0.3, -0.25) is 0 Å². The average Bonchev–Trinajstić information content (AvgIpc) is 3.01. The van der Waals surface area contributed by atoms with Crippen LogP contribution in [-0.2, 0) is 0 Å². The molecule has 1 saturated carbocycles. The van der Waals surface area contributed by atoms with Crippen LogP contribution in [0.25, 0.3) is 5.69 Å². The molecule has 2 unspecified atom stereocenters. The third kappa shape index (κ3) is 2.76. The van der Waals surface area contributed by atoms with Gasteiger partial charge in [0.15, 0.2) is 0 Å². The highest BCUT2D eigenvalue weighted by molar-refractivity contribution is 6.31. The third-order valence-corrected chi connectivity index (χ3v) is 4.00. The number of nitrogens with zero attached hydrogens (tertiary/aromatic N) is 2. The molecule has 0 saturated heterocycles. The van der Waals surface area contributed by atoms with E-state index >= 15 is 0 Å². The van der Waals surface area contributed by atoms with Gasteiger partial charge in [-0.15, -0.1) is 0 Å². The second kappa shape index (κ2) is 5.25. The molecule has 1 aromatic carbocycles. The zero-order chi connectivity index (χ0) is 13.2. The lowest BCUT2D eigenvalue weighted by Gasteiger charge is -2.17. The van der Waals surface area contributed by atoms with Crippen LogP contribution >= 0.6 is 11.6 Å². The Labute approximate surface area is 118 Å². The second-order valence-electron chi connectivity index (χ2n) is 5.37. The lowest BCUT2D eigenvalue weighted by atomic mass is 10.1. The summed E-state index contributed by atoms with van der Waals surface area (Å²) in [5.41, 5.74) is 2.12. The minimum Gasteiger partial charge on any atom is -0.381 e. The fourth-order valence-electron chi connectivity index (χ4n) is 2.79.